The minimum Gasteiger partial charge on any atom is -0.112 e. The molecule has 0 nitrogen and oxygen atoms in total. The first-order chi connectivity index (χ1) is 2.77. The SMILES string of the molecule is CCC[Si](Br)Br. The van der Waals surface area contributed by atoms with Crippen LogP contribution in [-0.4, -0.2) is 6.04 Å². The van der Waals surface area contributed by atoms with Crippen molar-refractivity contribution in [3.05, 3.63) is 0 Å². The van der Waals surface area contributed by atoms with Crippen molar-refractivity contribution in [3.63, 3.8) is 0 Å². The Kier molecular flexibility index (Phi) is 5.19. The summed E-state index contributed by atoms with van der Waals surface area (Å²) in [6, 6.07) is 1.05. The summed E-state index contributed by atoms with van der Waals surface area (Å²) in [5.74, 6) is 0. The van der Waals surface area contributed by atoms with E-state index in [0.717, 1.165) is 0 Å². The maximum absolute atomic E-state index is 3.45. The fraction of sp³-hybridized carbons (Fsp3) is 1.00. The molecule has 37 valence electrons. The average molecular weight is 231 g/mol. The van der Waals surface area contributed by atoms with Crippen molar-refractivity contribution < 1.29 is 0 Å². The van der Waals surface area contributed by atoms with Crippen LogP contribution in [0.3, 0.4) is 0 Å². The van der Waals surface area contributed by atoms with Gasteiger partial charge in [0.2, 0.25) is 6.04 Å². The molecule has 0 aliphatic heterocycles. The lowest BCUT2D eigenvalue weighted by Gasteiger charge is -1.87. The van der Waals surface area contributed by atoms with Gasteiger partial charge >= 0.3 is 0 Å². The third-order valence-electron chi connectivity index (χ3n) is 0.439. The van der Waals surface area contributed by atoms with E-state index < -0.39 is 0 Å². The van der Waals surface area contributed by atoms with Crippen molar-refractivity contribution in [2.24, 2.45) is 0 Å². The van der Waals surface area contributed by atoms with Crippen LogP contribution in [0.15, 0.2) is 0 Å². The van der Waals surface area contributed by atoms with Crippen molar-refractivity contribution in [2.45, 2.75) is 19.4 Å². The highest BCUT2D eigenvalue weighted by atomic mass is 79.9. The van der Waals surface area contributed by atoms with Gasteiger partial charge in [0.1, 0.15) is 0 Å². The van der Waals surface area contributed by atoms with Gasteiger partial charge in [-0.3, -0.25) is 0 Å². The molecule has 0 N–H and O–H groups in total. The Morgan fingerprint density at radius 2 is 2.00 bits per heavy atom. The summed E-state index contributed by atoms with van der Waals surface area (Å²) < 4.78 is 0. The summed E-state index contributed by atoms with van der Waals surface area (Å²) in [4.78, 5) is 0. The Labute approximate surface area is 56.1 Å². The zero-order valence-electron chi connectivity index (χ0n) is 3.67. The molecular weight excluding hydrogens is 224 g/mol. The lowest BCUT2D eigenvalue weighted by atomic mass is 10.6. The van der Waals surface area contributed by atoms with E-state index in [1.165, 1.54) is 12.5 Å². The Balaban J connectivity index is 2.63. The summed E-state index contributed by atoms with van der Waals surface area (Å²) in [5, 5.41) is 0. The van der Waals surface area contributed by atoms with Gasteiger partial charge in [-0.1, -0.05) is 13.3 Å². The third-order valence-corrected chi connectivity index (χ3v) is 3.70. The molecule has 0 aliphatic carbocycles. The summed E-state index contributed by atoms with van der Waals surface area (Å²) in [6.45, 7) is 2.19. The lowest BCUT2D eigenvalue weighted by Crippen LogP contribution is -1.84. The van der Waals surface area contributed by atoms with Crippen molar-refractivity contribution >= 4 is 36.6 Å². The molecule has 0 aliphatic rings. The number of hydrogen-bond acceptors (Lipinski definition) is 0. The van der Waals surface area contributed by atoms with Gasteiger partial charge in [-0.15, -0.1) is 30.6 Å². The molecule has 1 radical (unpaired) electrons. The topological polar surface area (TPSA) is 0 Å². The minimum absolute atomic E-state index is 0.261. The second-order valence-electron chi connectivity index (χ2n) is 1.09. The Hall–Kier alpha value is 1.18. The van der Waals surface area contributed by atoms with E-state index in [0.29, 0.717) is 0 Å². The van der Waals surface area contributed by atoms with Gasteiger partial charge in [0, 0.05) is 0 Å². The molecule has 0 aromatic rings. The maximum Gasteiger partial charge on any atom is 0.215 e. The van der Waals surface area contributed by atoms with Crippen LogP contribution in [0.4, 0.5) is 0 Å². The van der Waals surface area contributed by atoms with Gasteiger partial charge < -0.3 is 0 Å². The van der Waals surface area contributed by atoms with Crippen LogP contribution in [-0.2, 0) is 0 Å². The van der Waals surface area contributed by atoms with Gasteiger partial charge in [-0.25, -0.2) is 0 Å². The van der Waals surface area contributed by atoms with E-state index in [4.69, 9.17) is 0 Å². The van der Waals surface area contributed by atoms with E-state index >= 15 is 0 Å². The molecule has 0 rings (SSSR count). The van der Waals surface area contributed by atoms with Crippen LogP contribution in [0.25, 0.3) is 0 Å². The van der Waals surface area contributed by atoms with Gasteiger partial charge in [0.15, 0.2) is 0 Å². The number of rotatable bonds is 2. The van der Waals surface area contributed by atoms with Crippen molar-refractivity contribution in [1.29, 1.82) is 0 Å². The fourth-order valence-corrected chi connectivity index (χ4v) is 2.95. The van der Waals surface area contributed by atoms with Crippen LogP contribution < -0.4 is 0 Å². The first kappa shape index (κ1) is 7.18. The van der Waals surface area contributed by atoms with E-state index in [-0.39, 0.29) is 6.04 Å². The van der Waals surface area contributed by atoms with Crippen molar-refractivity contribution in [2.75, 3.05) is 0 Å². The molecule has 0 saturated carbocycles. The predicted octanol–water partition coefficient (Wildman–Crippen LogP) is 2.67. The summed E-state index contributed by atoms with van der Waals surface area (Å²) in [6.07, 6.45) is 1.28. The fourth-order valence-electron chi connectivity index (χ4n) is 0.189. The molecule has 0 saturated heterocycles. The van der Waals surface area contributed by atoms with E-state index in [1.807, 2.05) is 0 Å². The average Bonchev–Trinajstić information content (AvgIpc) is 1.35. The van der Waals surface area contributed by atoms with Crippen LogP contribution in [0.2, 0.25) is 6.04 Å². The molecule has 6 heavy (non-hydrogen) atoms. The molecule has 0 bridgehead atoms. The lowest BCUT2D eigenvalue weighted by molar-refractivity contribution is 1.08. The molecular formula is C3H7Br2Si. The van der Waals surface area contributed by atoms with Gasteiger partial charge in [-0.05, 0) is 6.04 Å². The van der Waals surface area contributed by atoms with Gasteiger partial charge in [-0.2, -0.15) is 0 Å². The third kappa shape index (κ3) is 5.18. The van der Waals surface area contributed by atoms with E-state index in [2.05, 4.69) is 37.5 Å². The Morgan fingerprint density at radius 1 is 1.50 bits per heavy atom. The minimum atomic E-state index is -0.261. The van der Waals surface area contributed by atoms with E-state index in [1.54, 1.807) is 0 Å². The molecule has 0 aromatic carbocycles. The Bertz CT molecular complexity index is 30.0. The van der Waals surface area contributed by atoms with Gasteiger partial charge in [0.25, 0.3) is 0 Å². The molecule has 0 unspecified atom stereocenters. The second-order valence-corrected chi connectivity index (χ2v) is 11.2. The second kappa shape index (κ2) is 4.34. The maximum atomic E-state index is 3.45. The first-order valence-electron chi connectivity index (χ1n) is 1.94. The van der Waals surface area contributed by atoms with Crippen LogP contribution in [0.1, 0.15) is 13.3 Å². The molecule has 0 amide bonds. The van der Waals surface area contributed by atoms with Crippen molar-refractivity contribution in [1.82, 2.24) is 0 Å². The smallest absolute Gasteiger partial charge is 0.112 e. The first-order valence-corrected chi connectivity index (χ1v) is 8.16. The highest BCUT2D eigenvalue weighted by Gasteiger charge is 1.95. The van der Waals surface area contributed by atoms with Crippen LogP contribution >= 0.6 is 30.6 Å². The molecule has 0 atom stereocenters. The monoisotopic (exact) mass is 229 g/mol. The predicted molar refractivity (Wildman–Crippen MR) is 38.7 cm³/mol. The normalized spacial score (nSPS) is 10.0. The summed E-state index contributed by atoms with van der Waals surface area (Å²) in [5.41, 5.74) is 0. The van der Waals surface area contributed by atoms with Crippen LogP contribution in [0, 0.1) is 0 Å². The molecule has 0 heterocycles. The highest BCUT2D eigenvalue weighted by molar-refractivity contribution is 9.49. The molecule has 0 fully saturated rings. The quantitative estimate of drug-likeness (QED) is 0.506. The highest BCUT2D eigenvalue weighted by Crippen LogP contribution is 2.09. The largest absolute Gasteiger partial charge is 0.215 e. The van der Waals surface area contributed by atoms with Crippen molar-refractivity contribution in [3.8, 4) is 0 Å². The standard InChI is InChI=1S/C3H7Br2Si/c1-2-3-6(4)5/h2-3H2,1H3. The molecule has 0 spiro atoms. The van der Waals surface area contributed by atoms with Gasteiger partial charge in [0.05, 0.1) is 0 Å². The zero-order valence-corrected chi connectivity index (χ0v) is 7.84. The Morgan fingerprint density at radius 3 is 2.00 bits per heavy atom. The summed E-state index contributed by atoms with van der Waals surface area (Å²) in [7, 11) is 0. The number of hydrogen-bond donors (Lipinski definition) is 0. The zero-order chi connectivity index (χ0) is 4.99. The number of halogens is 2. The van der Waals surface area contributed by atoms with E-state index in [9.17, 15) is 0 Å². The summed E-state index contributed by atoms with van der Waals surface area (Å²) >= 11 is 6.91. The van der Waals surface area contributed by atoms with Crippen LogP contribution in [0.5, 0.6) is 0 Å². The molecule has 0 aromatic heterocycles. The molecule has 3 heteroatoms.